The van der Waals surface area contributed by atoms with E-state index in [9.17, 15) is 9.59 Å². The second kappa shape index (κ2) is 12.0. The van der Waals surface area contributed by atoms with Crippen molar-refractivity contribution in [1.82, 2.24) is 4.98 Å². The average molecular weight is 548 g/mol. The number of nitrogens with one attached hydrogen (secondary N) is 1. The summed E-state index contributed by atoms with van der Waals surface area (Å²) >= 11 is 1.57. The van der Waals surface area contributed by atoms with Crippen molar-refractivity contribution < 1.29 is 14.7 Å². The van der Waals surface area contributed by atoms with E-state index in [1.807, 2.05) is 96.4 Å². The fraction of sp³-hybridized carbons (Fsp3) is 0.121. The van der Waals surface area contributed by atoms with Crippen molar-refractivity contribution in [2.75, 3.05) is 10.2 Å². The second-order valence-electron chi connectivity index (χ2n) is 9.71. The number of hydrogen-bond donors (Lipinski definition) is 2. The maximum Gasteiger partial charge on any atom is 0.335 e. The molecule has 1 heterocycles. The molecule has 0 radical (unpaired) electrons. The molecule has 40 heavy (non-hydrogen) atoms. The van der Waals surface area contributed by atoms with Crippen molar-refractivity contribution in [3.05, 3.63) is 125 Å². The van der Waals surface area contributed by atoms with Gasteiger partial charge in [0.2, 0.25) is 0 Å². The van der Waals surface area contributed by atoms with E-state index in [0.717, 1.165) is 33.1 Å². The van der Waals surface area contributed by atoms with Crippen LogP contribution in [0.25, 0.3) is 22.4 Å². The Morgan fingerprint density at radius 3 is 2.02 bits per heavy atom. The molecule has 0 aliphatic carbocycles. The lowest BCUT2D eigenvalue weighted by Gasteiger charge is -2.26. The van der Waals surface area contributed by atoms with Gasteiger partial charge in [-0.3, -0.25) is 4.79 Å². The van der Waals surface area contributed by atoms with Gasteiger partial charge in [0.05, 0.1) is 11.3 Å². The minimum Gasteiger partial charge on any atom is -0.478 e. The smallest absolute Gasteiger partial charge is 0.335 e. The average Bonchev–Trinajstić information content (AvgIpc) is 3.47. The van der Waals surface area contributed by atoms with Crippen molar-refractivity contribution >= 4 is 34.0 Å². The number of thiazole rings is 1. The third kappa shape index (κ3) is 6.27. The molecular formula is C33H29N3O3S. The number of amides is 1. The molecule has 1 amide bonds. The summed E-state index contributed by atoms with van der Waals surface area (Å²) in [6.45, 7) is 4.85. The van der Waals surface area contributed by atoms with Crippen LogP contribution >= 0.6 is 11.3 Å². The number of nitrogens with zero attached hydrogens (tertiary/aromatic N) is 2. The van der Waals surface area contributed by atoms with E-state index in [1.54, 1.807) is 23.5 Å². The molecule has 0 saturated carbocycles. The van der Waals surface area contributed by atoms with Crippen LogP contribution in [0.15, 0.2) is 109 Å². The van der Waals surface area contributed by atoms with Gasteiger partial charge in [0.15, 0.2) is 5.13 Å². The summed E-state index contributed by atoms with van der Waals surface area (Å²) in [7, 11) is 0. The van der Waals surface area contributed by atoms with Gasteiger partial charge in [-0.15, -0.1) is 11.3 Å². The molecule has 0 aliphatic rings. The van der Waals surface area contributed by atoms with Crippen LogP contribution in [0.3, 0.4) is 0 Å². The van der Waals surface area contributed by atoms with E-state index in [4.69, 9.17) is 10.1 Å². The van der Waals surface area contributed by atoms with E-state index in [1.165, 1.54) is 0 Å². The molecule has 1 aromatic heterocycles. The number of aromatic nitrogens is 1. The molecule has 0 saturated heterocycles. The van der Waals surface area contributed by atoms with Gasteiger partial charge < -0.3 is 15.3 Å². The number of carboxylic acids is 1. The van der Waals surface area contributed by atoms with E-state index >= 15 is 0 Å². The zero-order valence-corrected chi connectivity index (χ0v) is 23.1. The van der Waals surface area contributed by atoms with Crippen LogP contribution in [0.5, 0.6) is 0 Å². The van der Waals surface area contributed by atoms with Crippen LogP contribution in [0.4, 0.5) is 10.8 Å². The van der Waals surface area contributed by atoms with Crippen molar-refractivity contribution in [1.29, 1.82) is 0 Å². The molecule has 0 spiro atoms. The monoisotopic (exact) mass is 547 g/mol. The van der Waals surface area contributed by atoms with Gasteiger partial charge in [-0.1, -0.05) is 66.7 Å². The van der Waals surface area contributed by atoms with E-state index in [0.29, 0.717) is 17.8 Å². The van der Waals surface area contributed by atoms with Gasteiger partial charge in [0.1, 0.15) is 0 Å². The van der Waals surface area contributed by atoms with Crippen molar-refractivity contribution in [2.24, 2.45) is 0 Å². The van der Waals surface area contributed by atoms with Gasteiger partial charge in [0.25, 0.3) is 5.91 Å². The molecule has 2 N–H and O–H groups in total. The van der Waals surface area contributed by atoms with Crippen LogP contribution in [-0.4, -0.2) is 28.0 Å². The highest BCUT2D eigenvalue weighted by Gasteiger charge is 2.17. The topological polar surface area (TPSA) is 82.5 Å². The number of aromatic carboxylic acids is 1. The highest BCUT2D eigenvalue weighted by atomic mass is 32.1. The summed E-state index contributed by atoms with van der Waals surface area (Å²) in [5, 5.41) is 15.0. The number of rotatable bonds is 9. The normalized spacial score (nSPS) is 10.9. The van der Waals surface area contributed by atoms with Crippen LogP contribution < -0.4 is 10.2 Å². The number of hydrogen-bond acceptors (Lipinski definition) is 5. The summed E-state index contributed by atoms with van der Waals surface area (Å²) in [5.74, 6) is -1.09. The highest BCUT2D eigenvalue weighted by Crippen LogP contribution is 2.30. The van der Waals surface area contributed by atoms with Gasteiger partial charge in [-0.25, -0.2) is 9.78 Å². The maximum absolute atomic E-state index is 12.8. The Balaban J connectivity index is 1.24. The Morgan fingerprint density at radius 1 is 0.800 bits per heavy atom. The quantitative estimate of drug-likeness (QED) is 0.196. The summed E-state index contributed by atoms with van der Waals surface area (Å²) in [5.41, 5.74) is 6.60. The Kier molecular flexibility index (Phi) is 8.03. The molecule has 0 fully saturated rings. The van der Waals surface area contributed by atoms with Crippen molar-refractivity contribution in [3.8, 4) is 22.4 Å². The Hall–Kier alpha value is -4.75. The molecule has 4 aromatic carbocycles. The van der Waals surface area contributed by atoms with Gasteiger partial charge in [0, 0.05) is 34.8 Å². The third-order valence-electron chi connectivity index (χ3n) is 6.61. The molecule has 0 unspecified atom stereocenters. The van der Waals surface area contributed by atoms with Crippen molar-refractivity contribution in [2.45, 2.75) is 26.4 Å². The minimum absolute atomic E-state index is 0.160. The standard InChI is InChI=1S/C33H29N3O3S/c1-22(2)36(20-23-8-10-28(11-9-23)32(38)39)33-35-30(21-40-33)26-16-18-29(19-17-26)34-31(37)27-14-12-25(13-15-27)24-6-4-3-5-7-24/h3-19,21-22H,20H2,1-2H3,(H,34,37)(H,38,39). The number of carboxylic acid groups (broad SMARTS) is 1. The van der Waals surface area contributed by atoms with Crippen LogP contribution in [0, 0.1) is 0 Å². The lowest BCUT2D eigenvalue weighted by atomic mass is 10.0. The van der Waals surface area contributed by atoms with Crippen LogP contribution in [-0.2, 0) is 6.54 Å². The SMILES string of the molecule is CC(C)N(Cc1ccc(C(=O)O)cc1)c1nc(-c2ccc(NC(=O)c3ccc(-c4ccccc4)cc3)cc2)cs1. The summed E-state index contributed by atoms with van der Waals surface area (Å²) in [6.07, 6.45) is 0. The van der Waals surface area contributed by atoms with Crippen LogP contribution in [0.2, 0.25) is 0 Å². The molecule has 5 rings (SSSR count). The summed E-state index contributed by atoms with van der Waals surface area (Å²) in [4.78, 5) is 31.0. The largest absolute Gasteiger partial charge is 0.478 e. The minimum atomic E-state index is -0.931. The van der Waals surface area contributed by atoms with E-state index in [2.05, 4.69) is 24.1 Å². The Labute approximate surface area is 237 Å². The first kappa shape index (κ1) is 26.8. The van der Waals surface area contributed by atoms with E-state index < -0.39 is 5.97 Å². The van der Waals surface area contributed by atoms with E-state index in [-0.39, 0.29) is 17.5 Å². The summed E-state index contributed by atoms with van der Waals surface area (Å²) < 4.78 is 0. The molecule has 7 heteroatoms. The van der Waals surface area contributed by atoms with Gasteiger partial charge >= 0.3 is 5.97 Å². The number of carbonyl (C=O) groups excluding carboxylic acids is 1. The number of carbonyl (C=O) groups is 2. The fourth-order valence-corrected chi connectivity index (χ4v) is 5.29. The fourth-order valence-electron chi connectivity index (χ4n) is 4.32. The lowest BCUT2D eigenvalue weighted by Crippen LogP contribution is -2.30. The highest BCUT2D eigenvalue weighted by molar-refractivity contribution is 7.14. The third-order valence-corrected chi connectivity index (χ3v) is 7.49. The zero-order valence-electron chi connectivity index (χ0n) is 22.2. The molecule has 0 atom stereocenters. The Bertz CT molecular complexity index is 1590. The maximum atomic E-state index is 12.8. The first-order valence-corrected chi connectivity index (χ1v) is 13.9. The zero-order chi connectivity index (χ0) is 28.1. The first-order valence-electron chi connectivity index (χ1n) is 13.0. The summed E-state index contributed by atoms with van der Waals surface area (Å²) in [6, 6.07) is 32.5. The molecule has 200 valence electrons. The van der Waals surface area contributed by atoms with Gasteiger partial charge in [-0.05, 0) is 66.9 Å². The molecule has 0 bridgehead atoms. The molecular weight excluding hydrogens is 518 g/mol. The number of benzene rings is 4. The molecule has 5 aromatic rings. The predicted molar refractivity (Wildman–Crippen MR) is 162 cm³/mol. The lowest BCUT2D eigenvalue weighted by molar-refractivity contribution is 0.0696. The molecule has 0 aliphatic heterocycles. The molecule has 6 nitrogen and oxygen atoms in total. The second-order valence-corrected chi connectivity index (χ2v) is 10.6. The van der Waals surface area contributed by atoms with Crippen LogP contribution in [0.1, 0.15) is 40.1 Å². The van der Waals surface area contributed by atoms with Crippen molar-refractivity contribution in [3.63, 3.8) is 0 Å². The predicted octanol–water partition coefficient (Wildman–Crippen LogP) is 7.84. The number of anilines is 2. The Morgan fingerprint density at radius 2 is 1.40 bits per heavy atom. The first-order chi connectivity index (χ1) is 19.4. The van der Waals surface area contributed by atoms with Gasteiger partial charge in [-0.2, -0.15) is 0 Å².